The highest BCUT2D eigenvalue weighted by molar-refractivity contribution is 9.10. The molecule has 0 saturated heterocycles. The summed E-state index contributed by atoms with van der Waals surface area (Å²) in [7, 11) is 0. The largest absolute Gasteiger partial charge is 0.383 e. The van der Waals surface area contributed by atoms with Crippen LogP contribution in [0.15, 0.2) is 40.3 Å². The summed E-state index contributed by atoms with van der Waals surface area (Å²) in [5.41, 5.74) is 8.71. The van der Waals surface area contributed by atoms with Gasteiger partial charge in [-0.05, 0) is 33.6 Å². The number of fused-ring (bicyclic) bond motifs is 1. The van der Waals surface area contributed by atoms with E-state index in [1.54, 1.807) is 17.5 Å². The molecule has 0 aliphatic rings. The van der Waals surface area contributed by atoms with Crippen molar-refractivity contribution in [2.45, 2.75) is 6.92 Å². The topological polar surface area (TPSA) is 68.0 Å². The number of rotatable bonds is 2. The van der Waals surface area contributed by atoms with Crippen LogP contribution in [-0.2, 0) is 4.79 Å². The number of anilines is 2. The Bertz CT molecular complexity index is 844. The second kappa shape index (κ2) is 5.46. The highest BCUT2D eigenvalue weighted by atomic mass is 79.9. The number of aromatic nitrogens is 1. The molecule has 0 aliphatic carbocycles. The first-order chi connectivity index (χ1) is 10.1. The first kappa shape index (κ1) is 14.0. The highest BCUT2D eigenvalue weighted by Gasteiger charge is 2.12. The summed E-state index contributed by atoms with van der Waals surface area (Å²) in [5, 5.41) is 5.73. The zero-order valence-electron chi connectivity index (χ0n) is 11.2. The van der Waals surface area contributed by atoms with Crippen LogP contribution >= 0.6 is 27.3 Å². The van der Waals surface area contributed by atoms with Gasteiger partial charge in [0.05, 0.1) is 0 Å². The molecule has 1 amide bonds. The van der Waals surface area contributed by atoms with Crippen molar-refractivity contribution in [3.05, 3.63) is 40.3 Å². The number of thiophene rings is 1. The van der Waals surface area contributed by atoms with E-state index in [-0.39, 0.29) is 5.91 Å². The van der Waals surface area contributed by atoms with Crippen molar-refractivity contribution in [1.82, 2.24) is 4.98 Å². The van der Waals surface area contributed by atoms with E-state index in [0.717, 1.165) is 31.4 Å². The second-order valence-corrected chi connectivity index (χ2v) is 6.34. The molecule has 0 spiro atoms. The number of nitrogens with one attached hydrogen (secondary N) is 1. The standard InChI is InChI=1S/C15H12BrN3OS/c1-8(20)19-10-4-2-3-9(5-10)11-6-18-15(17)13-12(16)7-21-14(11)13/h2-7H,1H3,(H2,17,18)(H,19,20). The maximum atomic E-state index is 11.2. The molecule has 2 heterocycles. The van der Waals surface area contributed by atoms with Gasteiger partial charge in [-0.15, -0.1) is 11.3 Å². The summed E-state index contributed by atoms with van der Waals surface area (Å²) in [6.45, 7) is 1.49. The van der Waals surface area contributed by atoms with Gasteiger partial charge in [0.1, 0.15) is 5.82 Å². The van der Waals surface area contributed by atoms with Crippen molar-refractivity contribution < 1.29 is 4.79 Å². The van der Waals surface area contributed by atoms with Gasteiger partial charge in [-0.2, -0.15) is 0 Å². The van der Waals surface area contributed by atoms with Gasteiger partial charge in [0, 0.05) is 44.3 Å². The minimum atomic E-state index is -0.0911. The van der Waals surface area contributed by atoms with Crippen molar-refractivity contribution in [3.8, 4) is 11.1 Å². The van der Waals surface area contributed by atoms with Gasteiger partial charge >= 0.3 is 0 Å². The minimum absolute atomic E-state index is 0.0911. The third-order valence-corrected chi connectivity index (χ3v) is 5.02. The summed E-state index contributed by atoms with van der Waals surface area (Å²) in [4.78, 5) is 15.5. The van der Waals surface area contributed by atoms with Crippen LogP contribution in [0.25, 0.3) is 21.2 Å². The SMILES string of the molecule is CC(=O)Nc1cccc(-c2cnc(N)c3c(Br)csc23)c1. The van der Waals surface area contributed by atoms with Crippen LogP contribution in [-0.4, -0.2) is 10.9 Å². The molecular formula is C15H12BrN3OS. The zero-order valence-corrected chi connectivity index (χ0v) is 13.6. The van der Waals surface area contributed by atoms with Crippen LogP contribution in [0.1, 0.15) is 6.92 Å². The Morgan fingerprint density at radius 3 is 3.00 bits per heavy atom. The van der Waals surface area contributed by atoms with Crippen LogP contribution in [0.4, 0.5) is 11.5 Å². The van der Waals surface area contributed by atoms with E-state index in [2.05, 4.69) is 26.2 Å². The Morgan fingerprint density at radius 2 is 2.24 bits per heavy atom. The number of hydrogen-bond donors (Lipinski definition) is 2. The number of hydrogen-bond acceptors (Lipinski definition) is 4. The normalized spacial score (nSPS) is 10.8. The number of halogens is 1. The third-order valence-electron chi connectivity index (χ3n) is 3.07. The number of nitrogens with zero attached hydrogens (tertiary/aromatic N) is 1. The Kier molecular flexibility index (Phi) is 3.65. The number of benzene rings is 1. The van der Waals surface area contributed by atoms with Gasteiger partial charge in [-0.3, -0.25) is 4.79 Å². The van der Waals surface area contributed by atoms with Gasteiger partial charge in [-0.25, -0.2) is 4.98 Å². The van der Waals surface area contributed by atoms with Crippen molar-refractivity contribution in [1.29, 1.82) is 0 Å². The number of pyridine rings is 1. The van der Waals surface area contributed by atoms with E-state index < -0.39 is 0 Å². The minimum Gasteiger partial charge on any atom is -0.383 e. The Balaban J connectivity index is 2.17. The Hall–Kier alpha value is -1.92. The number of amides is 1. The van der Waals surface area contributed by atoms with E-state index in [1.807, 2.05) is 29.6 Å². The van der Waals surface area contributed by atoms with Crippen molar-refractivity contribution in [2.75, 3.05) is 11.1 Å². The van der Waals surface area contributed by atoms with E-state index in [0.29, 0.717) is 5.82 Å². The molecule has 1 aromatic carbocycles. The van der Waals surface area contributed by atoms with Gasteiger partial charge in [0.15, 0.2) is 0 Å². The summed E-state index contributed by atoms with van der Waals surface area (Å²) < 4.78 is 2.03. The zero-order chi connectivity index (χ0) is 15.0. The summed E-state index contributed by atoms with van der Waals surface area (Å²) in [5.74, 6) is 0.423. The molecule has 3 aromatic rings. The molecule has 2 aromatic heterocycles. The van der Waals surface area contributed by atoms with Gasteiger partial charge in [-0.1, -0.05) is 12.1 Å². The van der Waals surface area contributed by atoms with E-state index in [9.17, 15) is 4.79 Å². The predicted molar refractivity (Wildman–Crippen MR) is 91.5 cm³/mol. The molecule has 21 heavy (non-hydrogen) atoms. The third kappa shape index (κ3) is 2.64. The fourth-order valence-corrected chi connectivity index (χ4v) is 3.99. The number of nitrogen functional groups attached to an aromatic ring is 1. The van der Waals surface area contributed by atoms with Gasteiger partial charge in [0.25, 0.3) is 0 Å². The molecule has 4 nitrogen and oxygen atoms in total. The van der Waals surface area contributed by atoms with Gasteiger partial charge in [0.2, 0.25) is 5.91 Å². The highest BCUT2D eigenvalue weighted by Crippen LogP contribution is 2.39. The fraction of sp³-hybridized carbons (Fsp3) is 0.0667. The molecule has 3 rings (SSSR count). The molecule has 0 fully saturated rings. The molecular weight excluding hydrogens is 350 g/mol. The second-order valence-electron chi connectivity index (χ2n) is 4.61. The molecule has 0 bridgehead atoms. The lowest BCUT2D eigenvalue weighted by atomic mass is 10.1. The Morgan fingerprint density at radius 1 is 1.43 bits per heavy atom. The van der Waals surface area contributed by atoms with E-state index in [4.69, 9.17) is 5.73 Å². The molecule has 0 saturated carbocycles. The molecule has 0 aliphatic heterocycles. The Labute approximate surface area is 134 Å². The lowest BCUT2D eigenvalue weighted by Crippen LogP contribution is -2.05. The lowest BCUT2D eigenvalue weighted by Gasteiger charge is -2.08. The molecule has 3 N–H and O–H groups in total. The van der Waals surface area contributed by atoms with Crippen LogP contribution in [0.5, 0.6) is 0 Å². The average molecular weight is 362 g/mol. The molecule has 0 atom stereocenters. The van der Waals surface area contributed by atoms with Crippen molar-refractivity contribution in [3.63, 3.8) is 0 Å². The van der Waals surface area contributed by atoms with E-state index in [1.165, 1.54) is 6.92 Å². The summed E-state index contributed by atoms with van der Waals surface area (Å²) >= 11 is 5.12. The smallest absolute Gasteiger partial charge is 0.221 e. The molecule has 0 unspecified atom stereocenters. The van der Waals surface area contributed by atoms with Crippen LogP contribution in [0.2, 0.25) is 0 Å². The lowest BCUT2D eigenvalue weighted by molar-refractivity contribution is -0.114. The first-order valence-electron chi connectivity index (χ1n) is 6.25. The maximum absolute atomic E-state index is 11.2. The molecule has 106 valence electrons. The van der Waals surface area contributed by atoms with Gasteiger partial charge < -0.3 is 11.1 Å². The average Bonchev–Trinajstić information content (AvgIpc) is 2.82. The van der Waals surface area contributed by atoms with E-state index >= 15 is 0 Å². The number of nitrogens with two attached hydrogens (primary N) is 1. The number of carbonyl (C=O) groups is 1. The van der Waals surface area contributed by atoms with Crippen molar-refractivity contribution >= 4 is 54.8 Å². The first-order valence-corrected chi connectivity index (χ1v) is 7.92. The molecule has 0 radical (unpaired) electrons. The number of carbonyl (C=O) groups excluding carboxylic acids is 1. The summed E-state index contributed by atoms with van der Waals surface area (Å²) in [6, 6.07) is 7.69. The maximum Gasteiger partial charge on any atom is 0.221 e. The fourth-order valence-electron chi connectivity index (χ4n) is 2.20. The monoisotopic (exact) mass is 361 g/mol. The van der Waals surface area contributed by atoms with Crippen molar-refractivity contribution in [2.24, 2.45) is 0 Å². The predicted octanol–water partition coefficient (Wildman–Crippen LogP) is 4.27. The van der Waals surface area contributed by atoms with Crippen LogP contribution in [0.3, 0.4) is 0 Å². The molecule has 6 heteroatoms. The quantitative estimate of drug-likeness (QED) is 0.716. The summed E-state index contributed by atoms with van der Waals surface area (Å²) in [6.07, 6.45) is 1.77. The van der Waals surface area contributed by atoms with Crippen LogP contribution < -0.4 is 11.1 Å². The van der Waals surface area contributed by atoms with Crippen LogP contribution in [0, 0.1) is 0 Å².